The predicted octanol–water partition coefficient (Wildman–Crippen LogP) is 10.7. The van der Waals surface area contributed by atoms with Gasteiger partial charge in [-0.2, -0.15) is 0 Å². The van der Waals surface area contributed by atoms with E-state index in [1.165, 1.54) is 55.2 Å². The second kappa shape index (κ2) is 38.3. The van der Waals surface area contributed by atoms with E-state index in [0.29, 0.717) is 31.2 Å². The molecule has 0 radical (unpaired) electrons. The molecule has 4 atom stereocenters. The normalized spacial score (nSPS) is 17.5. The van der Waals surface area contributed by atoms with Gasteiger partial charge < -0.3 is 25.3 Å². The number of hydrogen-bond acceptors (Lipinski definition) is 6. The average Bonchev–Trinajstić information content (AvgIpc) is 3.16. The van der Waals surface area contributed by atoms with Gasteiger partial charge in [-0.3, -0.25) is 4.21 Å². The van der Waals surface area contributed by atoms with Gasteiger partial charge in [-0.05, 0) is 111 Å². The Kier molecular flexibility index (Phi) is 41.7. The van der Waals surface area contributed by atoms with Gasteiger partial charge in [0.25, 0.3) is 0 Å². The van der Waals surface area contributed by atoms with E-state index < -0.39 is 15.6 Å². The molecule has 53 heavy (non-hydrogen) atoms. The number of terminal acetylenes is 1. The number of allylic oxidation sites excluding steroid dienone is 6. The Bertz CT molecular complexity index is 1070. The number of rotatable bonds is 15. The van der Waals surface area contributed by atoms with E-state index in [2.05, 4.69) is 68.3 Å². The Morgan fingerprint density at radius 3 is 1.98 bits per heavy atom. The van der Waals surface area contributed by atoms with Gasteiger partial charge in [-0.15, -0.1) is 12.3 Å². The van der Waals surface area contributed by atoms with Crippen molar-refractivity contribution in [3.05, 3.63) is 34.9 Å². The topological polar surface area (TPSA) is 95.5 Å². The maximum atomic E-state index is 13.6. The molecule has 0 aromatic carbocycles. The molecule has 7 heteroatoms. The molecule has 3 unspecified atom stereocenters. The molecule has 3 aliphatic rings. The highest BCUT2D eigenvalue weighted by Gasteiger charge is 2.28. The van der Waals surface area contributed by atoms with E-state index in [9.17, 15) is 9.32 Å². The third-order valence-electron chi connectivity index (χ3n) is 9.16. The van der Waals surface area contributed by atoms with Gasteiger partial charge in [0.1, 0.15) is 13.6 Å². The molecule has 1 saturated carbocycles. The highest BCUT2D eigenvalue weighted by molar-refractivity contribution is 8.01. The van der Waals surface area contributed by atoms with Crippen molar-refractivity contribution >= 4 is 29.0 Å². The van der Waals surface area contributed by atoms with Crippen LogP contribution in [-0.2, 0) is 19.1 Å². The first kappa shape index (κ1) is 57.7. The summed E-state index contributed by atoms with van der Waals surface area (Å²) in [6.07, 6.45) is 29.6. The van der Waals surface area contributed by atoms with Crippen molar-refractivity contribution in [3.8, 4) is 12.3 Å². The van der Waals surface area contributed by atoms with Crippen LogP contribution in [0.5, 0.6) is 0 Å². The quantitative estimate of drug-likeness (QED) is 0.114. The third kappa shape index (κ3) is 30.0. The highest BCUT2D eigenvalue weighted by atomic mass is 32.2. The van der Waals surface area contributed by atoms with Gasteiger partial charge in [-0.1, -0.05) is 124 Å². The van der Waals surface area contributed by atoms with Gasteiger partial charge in [0, 0.05) is 36.1 Å². The molecule has 6 nitrogen and oxygen atoms in total. The molecule has 312 valence electrons. The van der Waals surface area contributed by atoms with Crippen molar-refractivity contribution in [2.45, 2.75) is 189 Å². The molecule has 0 amide bonds. The summed E-state index contributed by atoms with van der Waals surface area (Å²) in [6.45, 7) is 29.1. The summed E-state index contributed by atoms with van der Waals surface area (Å²) in [5, 5.41) is 17.3. The maximum absolute atomic E-state index is 13.6. The zero-order valence-corrected chi connectivity index (χ0v) is 37.6. The molecular weight excluding hydrogens is 677 g/mol. The average molecular weight is 765 g/mol. The van der Waals surface area contributed by atoms with Crippen LogP contribution in [0.2, 0.25) is 0 Å². The molecule has 0 aliphatic heterocycles. The number of aliphatic hydroxyl groups is 1. The van der Waals surface area contributed by atoms with Crippen molar-refractivity contribution in [1.82, 2.24) is 10.6 Å². The van der Waals surface area contributed by atoms with Crippen molar-refractivity contribution in [1.29, 1.82) is 0 Å². The zero-order valence-electron chi connectivity index (χ0n) is 36.8. The largest absolute Gasteiger partial charge is 0.392 e. The summed E-state index contributed by atoms with van der Waals surface area (Å²) in [5.41, 5.74) is 4.39. The monoisotopic (exact) mass is 765 g/mol. The molecule has 0 aromatic rings. The van der Waals surface area contributed by atoms with Crippen LogP contribution in [0.4, 0.5) is 0 Å². The van der Waals surface area contributed by atoms with Gasteiger partial charge in [0.05, 0.1) is 6.10 Å². The molecular formula is C46H88N2O4S. The molecule has 3 N–H and O–H groups in total. The minimum absolute atomic E-state index is 0.278. The summed E-state index contributed by atoms with van der Waals surface area (Å²) in [7, 11) is -2.23. The van der Waals surface area contributed by atoms with Crippen LogP contribution in [0.15, 0.2) is 34.9 Å². The van der Waals surface area contributed by atoms with E-state index >= 15 is 0 Å². The summed E-state index contributed by atoms with van der Waals surface area (Å²) >= 11 is 0. The van der Waals surface area contributed by atoms with Gasteiger partial charge in [0.2, 0.25) is 0 Å². The minimum atomic E-state index is -2.23. The first-order valence-corrected chi connectivity index (χ1v) is 22.8. The van der Waals surface area contributed by atoms with Crippen molar-refractivity contribution in [3.63, 3.8) is 0 Å². The van der Waals surface area contributed by atoms with Gasteiger partial charge in [-0.25, -0.2) is 0 Å². The number of carbonyl (C=O) groups is 2. The smallest absolute Gasteiger partial charge is 0.106 e. The third-order valence-corrected chi connectivity index (χ3v) is 12.4. The molecule has 3 aliphatic carbocycles. The molecule has 0 aromatic heterocycles. The molecule has 1 fully saturated rings. The first-order valence-electron chi connectivity index (χ1n) is 20.9. The lowest BCUT2D eigenvalue weighted by Gasteiger charge is -2.31. The Hall–Kier alpha value is -1.98. The number of fused-ring (bicyclic) bond motifs is 1. The minimum Gasteiger partial charge on any atom is -0.392 e. The van der Waals surface area contributed by atoms with Crippen LogP contribution in [-0.4, -0.2) is 71.0 Å². The highest BCUT2D eigenvalue weighted by Crippen LogP contribution is 2.34. The van der Waals surface area contributed by atoms with Crippen LogP contribution in [0.25, 0.3) is 0 Å². The fourth-order valence-electron chi connectivity index (χ4n) is 6.12. The van der Waals surface area contributed by atoms with Crippen LogP contribution in [0.1, 0.15) is 172 Å². The molecule has 0 spiro atoms. The van der Waals surface area contributed by atoms with Crippen molar-refractivity contribution in [2.75, 3.05) is 25.4 Å². The van der Waals surface area contributed by atoms with Crippen LogP contribution in [0.3, 0.4) is 0 Å². The number of hydrogen-bond donors (Lipinski definition) is 3. The molecule has 0 saturated heterocycles. The lowest BCUT2D eigenvalue weighted by atomic mass is 9.83. The maximum Gasteiger partial charge on any atom is 0.106 e. The lowest BCUT2D eigenvalue weighted by Crippen LogP contribution is -2.44. The standard InChI is InChI=1S/C30H50N2O2S.C7H14.C3H8.2C2H6.2CH2O/c1-7-9-15-29(33)22-31-21-28(12-8-2)32-20-25(23-35(6,34)30(3,4)5)18-24-16-17-26-13-10-11-14-27(26)19-24;1-7-5-3-2-4-6-7;1-3-2;4*1-2/h1,13-14,19,25,28-29,31-33H,6,8-12,15-18,20-23H2,2-5H3;7H,2-6H2,1H3;3H2,1-2H3;2*1-2H3;2*1H2/t25-,28?,29?,35?;;;;;;/m0....../s1. The van der Waals surface area contributed by atoms with Crippen LogP contribution >= 0.6 is 0 Å². The lowest BCUT2D eigenvalue weighted by molar-refractivity contribution is -0.0987. The van der Waals surface area contributed by atoms with Gasteiger partial charge in [0.15, 0.2) is 0 Å². The molecule has 0 heterocycles. The number of nitrogens with one attached hydrogen (secondary N) is 2. The predicted molar refractivity (Wildman–Crippen MR) is 240 cm³/mol. The second-order valence-corrected chi connectivity index (χ2v) is 18.0. The summed E-state index contributed by atoms with van der Waals surface area (Å²) < 4.78 is 13.2. The van der Waals surface area contributed by atoms with E-state index in [1.54, 1.807) is 0 Å². The Morgan fingerprint density at radius 1 is 0.925 bits per heavy atom. The summed E-state index contributed by atoms with van der Waals surface area (Å²) in [6, 6.07) is 0.314. The molecule has 3 rings (SSSR count). The SMILES string of the molecule is C#CCCC(O)CNCC(CCC)NC[C@H](CC1=CC2=CCCC=C2CC1)CS(=C)(=O)C(C)(C)C.C=O.C=O.CC.CC.CC1CCCCC1.CCC. The number of aliphatic hydroxyl groups excluding tert-OH is 1. The van der Waals surface area contributed by atoms with Crippen LogP contribution in [0, 0.1) is 24.2 Å². The van der Waals surface area contributed by atoms with E-state index in [0.717, 1.165) is 64.0 Å². The first-order chi connectivity index (χ1) is 25.4. The van der Waals surface area contributed by atoms with Crippen molar-refractivity contribution in [2.24, 2.45) is 11.8 Å². The van der Waals surface area contributed by atoms with E-state index in [4.69, 9.17) is 16.0 Å². The number of carbonyl (C=O) groups excluding carboxylic acids is 2. The summed E-state index contributed by atoms with van der Waals surface area (Å²) in [4.78, 5) is 16.0. The molecule has 0 bridgehead atoms. The second-order valence-electron chi connectivity index (χ2n) is 14.8. The summed E-state index contributed by atoms with van der Waals surface area (Å²) in [5.74, 6) is 8.74. The van der Waals surface area contributed by atoms with E-state index in [-0.39, 0.29) is 10.7 Å². The van der Waals surface area contributed by atoms with E-state index in [1.807, 2.05) is 62.0 Å². The van der Waals surface area contributed by atoms with Gasteiger partial charge >= 0.3 is 0 Å². The van der Waals surface area contributed by atoms with Crippen molar-refractivity contribution < 1.29 is 18.9 Å². The Morgan fingerprint density at radius 2 is 1.49 bits per heavy atom. The Labute approximate surface area is 331 Å². The fourth-order valence-corrected chi connectivity index (χ4v) is 7.62. The van der Waals surface area contributed by atoms with Crippen LogP contribution < -0.4 is 10.6 Å². The zero-order chi connectivity index (χ0) is 41.7. The Balaban J connectivity index is -0.000000556. The fraction of sp³-hybridized carbons (Fsp3) is 0.761.